The van der Waals surface area contributed by atoms with Gasteiger partial charge in [0.15, 0.2) is 0 Å². The Morgan fingerprint density at radius 1 is 1.27 bits per heavy atom. The van der Waals surface area contributed by atoms with Crippen LogP contribution in [0.15, 0.2) is 47.1 Å². The summed E-state index contributed by atoms with van der Waals surface area (Å²) in [6.07, 6.45) is 3.03. The van der Waals surface area contributed by atoms with Crippen molar-refractivity contribution in [3.63, 3.8) is 0 Å². The molecule has 3 rings (SSSR count). The first-order valence-corrected chi connectivity index (χ1v) is 8.63. The van der Waals surface area contributed by atoms with Crippen molar-refractivity contribution in [3.8, 4) is 0 Å². The van der Waals surface area contributed by atoms with E-state index in [2.05, 4.69) is 10.6 Å². The number of methoxy groups -OCH3 is 1. The van der Waals surface area contributed by atoms with Gasteiger partial charge in [-0.15, -0.1) is 0 Å². The van der Waals surface area contributed by atoms with Crippen LogP contribution in [0.25, 0.3) is 0 Å². The third kappa shape index (κ3) is 4.43. The van der Waals surface area contributed by atoms with Crippen LogP contribution in [0, 0.1) is 0 Å². The maximum absolute atomic E-state index is 12.6. The molecule has 0 radical (unpaired) electrons. The highest BCUT2D eigenvalue weighted by atomic mass is 16.5. The molecule has 2 heterocycles. The topological polar surface area (TPSA) is 83.8 Å². The van der Waals surface area contributed by atoms with Crippen LogP contribution >= 0.6 is 0 Å². The zero-order chi connectivity index (χ0) is 18.4. The van der Waals surface area contributed by atoms with Gasteiger partial charge < -0.3 is 24.7 Å². The van der Waals surface area contributed by atoms with Crippen LogP contribution in [-0.2, 0) is 22.7 Å². The zero-order valence-corrected chi connectivity index (χ0v) is 14.7. The van der Waals surface area contributed by atoms with Gasteiger partial charge in [0, 0.05) is 19.3 Å². The number of anilines is 1. The van der Waals surface area contributed by atoms with E-state index in [0.29, 0.717) is 37.6 Å². The van der Waals surface area contributed by atoms with Crippen LogP contribution in [0.4, 0.5) is 10.5 Å². The average Bonchev–Trinajstić information content (AvgIpc) is 3.33. The second-order valence-corrected chi connectivity index (χ2v) is 6.21. The predicted molar refractivity (Wildman–Crippen MR) is 96.5 cm³/mol. The van der Waals surface area contributed by atoms with Crippen molar-refractivity contribution in [2.75, 3.05) is 19.0 Å². The molecule has 2 N–H and O–H groups in total. The van der Waals surface area contributed by atoms with Crippen LogP contribution in [0.1, 0.15) is 24.2 Å². The number of benzene rings is 1. The van der Waals surface area contributed by atoms with Crippen molar-refractivity contribution >= 4 is 17.6 Å². The molecular weight excluding hydrogens is 334 g/mol. The van der Waals surface area contributed by atoms with E-state index in [9.17, 15) is 9.59 Å². The average molecular weight is 357 g/mol. The SMILES string of the molecule is COCc1ccc(NC(=O)N2CCCC2C(=O)NCc2ccco2)cc1. The summed E-state index contributed by atoms with van der Waals surface area (Å²) in [5, 5.41) is 5.68. The Kier molecular flexibility index (Phi) is 5.91. The Bertz CT molecular complexity index is 728. The molecule has 0 spiro atoms. The summed E-state index contributed by atoms with van der Waals surface area (Å²) in [5.41, 5.74) is 1.72. The van der Waals surface area contributed by atoms with Crippen molar-refractivity contribution in [2.45, 2.75) is 32.0 Å². The van der Waals surface area contributed by atoms with E-state index in [-0.39, 0.29) is 11.9 Å². The largest absolute Gasteiger partial charge is 0.467 e. The fourth-order valence-corrected chi connectivity index (χ4v) is 3.03. The molecule has 1 atom stereocenters. The van der Waals surface area contributed by atoms with E-state index in [4.69, 9.17) is 9.15 Å². The number of furan rings is 1. The predicted octanol–water partition coefficient (Wildman–Crippen LogP) is 2.74. The molecule has 0 saturated carbocycles. The summed E-state index contributed by atoms with van der Waals surface area (Å²) in [4.78, 5) is 26.6. The van der Waals surface area contributed by atoms with Crippen molar-refractivity contribution in [3.05, 3.63) is 54.0 Å². The highest BCUT2D eigenvalue weighted by Crippen LogP contribution is 2.20. The summed E-state index contributed by atoms with van der Waals surface area (Å²) in [6.45, 7) is 1.41. The summed E-state index contributed by atoms with van der Waals surface area (Å²) in [6, 6.07) is 10.3. The van der Waals surface area contributed by atoms with Crippen molar-refractivity contribution in [1.29, 1.82) is 0 Å². The van der Waals surface area contributed by atoms with Gasteiger partial charge in [-0.25, -0.2) is 4.79 Å². The normalized spacial score (nSPS) is 16.5. The molecule has 1 saturated heterocycles. The van der Waals surface area contributed by atoms with E-state index in [1.165, 1.54) is 0 Å². The van der Waals surface area contributed by atoms with E-state index in [1.54, 1.807) is 30.4 Å². The van der Waals surface area contributed by atoms with E-state index < -0.39 is 6.04 Å². The van der Waals surface area contributed by atoms with Crippen LogP contribution in [0.3, 0.4) is 0 Å². The Labute approximate surface area is 152 Å². The number of amides is 3. The van der Waals surface area contributed by atoms with E-state index >= 15 is 0 Å². The maximum atomic E-state index is 12.6. The van der Waals surface area contributed by atoms with Crippen LogP contribution < -0.4 is 10.6 Å². The Morgan fingerprint density at radius 2 is 2.08 bits per heavy atom. The fourth-order valence-electron chi connectivity index (χ4n) is 3.03. The molecule has 1 aliphatic rings. The van der Waals surface area contributed by atoms with Crippen LogP contribution in [0.5, 0.6) is 0 Å². The van der Waals surface area contributed by atoms with Gasteiger partial charge in [-0.05, 0) is 42.7 Å². The van der Waals surface area contributed by atoms with E-state index in [0.717, 1.165) is 12.0 Å². The lowest BCUT2D eigenvalue weighted by Gasteiger charge is -2.24. The molecule has 1 unspecified atom stereocenters. The minimum Gasteiger partial charge on any atom is -0.467 e. The number of rotatable bonds is 6. The van der Waals surface area contributed by atoms with Crippen molar-refractivity contribution in [1.82, 2.24) is 10.2 Å². The molecule has 138 valence electrons. The van der Waals surface area contributed by atoms with Gasteiger partial charge in [-0.3, -0.25) is 4.79 Å². The Morgan fingerprint density at radius 3 is 2.77 bits per heavy atom. The minimum atomic E-state index is -0.460. The second kappa shape index (κ2) is 8.53. The fraction of sp³-hybridized carbons (Fsp3) is 0.368. The van der Waals surface area contributed by atoms with E-state index in [1.807, 2.05) is 24.3 Å². The number of ether oxygens (including phenoxy) is 1. The molecule has 1 aromatic carbocycles. The standard InChI is InChI=1S/C19H23N3O4/c1-25-13-14-6-8-15(9-7-14)21-19(24)22-10-2-5-17(22)18(23)20-12-16-4-3-11-26-16/h3-4,6-9,11,17H,2,5,10,12-13H2,1H3,(H,20,23)(H,21,24). The molecule has 26 heavy (non-hydrogen) atoms. The molecule has 2 aromatic rings. The highest BCUT2D eigenvalue weighted by Gasteiger charge is 2.34. The molecule has 1 fully saturated rings. The first-order chi connectivity index (χ1) is 12.7. The first kappa shape index (κ1) is 18.0. The molecule has 3 amide bonds. The Hall–Kier alpha value is -2.80. The van der Waals surface area contributed by atoms with Crippen LogP contribution in [0.2, 0.25) is 0 Å². The number of nitrogens with one attached hydrogen (secondary N) is 2. The number of likely N-dealkylation sites (tertiary alicyclic amines) is 1. The molecule has 1 aliphatic heterocycles. The van der Waals surface area contributed by atoms with Crippen molar-refractivity contribution in [2.24, 2.45) is 0 Å². The number of carbonyl (C=O) groups excluding carboxylic acids is 2. The van der Waals surface area contributed by atoms with Gasteiger partial charge in [-0.2, -0.15) is 0 Å². The maximum Gasteiger partial charge on any atom is 0.322 e. The lowest BCUT2D eigenvalue weighted by atomic mass is 10.2. The van der Waals surface area contributed by atoms with Crippen LogP contribution in [-0.4, -0.2) is 36.5 Å². The number of hydrogen-bond acceptors (Lipinski definition) is 4. The summed E-state index contributed by atoms with van der Waals surface area (Å²) in [7, 11) is 1.64. The van der Waals surface area contributed by atoms with Gasteiger partial charge in [0.1, 0.15) is 11.8 Å². The molecule has 0 aliphatic carbocycles. The third-order valence-electron chi connectivity index (χ3n) is 4.35. The minimum absolute atomic E-state index is 0.163. The number of nitrogens with zero attached hydrogens (tertiary/aromatic N) is 1. The summed E-state index contributed by atoms with van der Waals surface area (Å²) < 4.78 is 10.3. The van der Waals surface area contributed by atoms with Gasteiger partial charge in [0.05, 0.1) is 19.4 Å². The van der Waals surface area contributed by atoms with Gasteiger partial charge in [0.25, 0.3) is 0 Å². The lowest BCUT2D eigenvalue weighted by molar-refractivity contribution is -0.124. The Balaban J connectivity index is 1.56. The summed E-state index contributed by atoms with van der Waals surface area (Å²) >= 11 is 0. The van der Waals surface area contributed by atoms with Crippen molar-refractivity contribution < 1.29 is 18.7 Å². The first-order valence-electron chi connectivity index (χ1n) is 8.63. The molecule has 0 bridgehead atoms. The van der Waals surface area contributed by atoms with Gasteiger partial charge in [-0.1, -0.05) is 12.1 Å². The highest BCUT2D eigenvalue weighted by molar-refractivity contribution is 5.94. The quantitative estimate of drug-likeness (QED) is 0.833. The molecular formula is C19H23N3O4. The zero-order valence-electron chi connectivity index (χ0n) is 14.7. The molecule has 7 heteroatoms. The smallest absolute Gasteiger partial charge is 0.322 e. The number of carbonyl (C=O) groups is 2. The lowest BCUT2D eigenvalue weighted by Crippen LogP contribution is -2.47. The van der Waals surface area contributed by atoms with Gasteiger partial charge in [0.2, 0.25) is 5.91 Å². The third-order valence-corrected chi connectivity index (χ3v) is 4.35. The number of urea groups is 1. The summed E-state index contributed by atoms with van der Waals surface area (Å²) in [5.74, 6) is 0.521. The van der Waals surface area contributed by atoms with Gasteiger partial charge >= 0.3 is 6.03 Å². The monoisotopic (exact) mass is 357 g/mol. The molecule has 1 aromatic heterocycles. The number of hydrogen-bond donors (Lipinski definition) is 2. The second-order valence-electron chi connectivity index (χ2n) is 6.21. The molecule has 7 nitrogen and oxygen atoms in total.